The van der Waals surface area contributed by atoms with Crippen LogP contribution in [0.4, 0.5) is 0 Å². The maximum Gasteiger partial charge on any atom is 0.191 e. The minimum absolute atomic E-state index is 0. The van der Waals surface area contributed by atoms with Crippen LogP contribution >= 0.6 is 35.3 Å². The van der Waals surface area contributed by atoms with Crippen LogP contribution < -0.4 is 10.6 Å². The van der Waals surface area contributed by atoms with Crippen LogP contribution in [0.25, 0.3) is 0 Å². The quantitative estimate of drug-likeness (QED) is 0.307. The van der Waals surface area contributed by atoms with Crippen molar-refractivity contribution < 1.29 is 4.42 Å². The first-order chi connectivity index (χ1) is 13.7. The Balaban J connectivity index is 0.00000300. The first-order valence-corrected chi connectivity index (χ1v) is 11.0. The van der Waals surface area contributed by atoms with Gasteiger partial charge in [-0.15, -0.1) is 35.3 Å². The van der Waals surface area contributed by atoms with E-state index in [9.17, 15) is 0 Å². The smallest absolute Gasteiger partial charge is 0.191 e. The molecule has 0 aliphatic carbocycles. The zero-order chi connectivity index (χ0) is 19.8. The summed E-state index contributed by atoms with van der Waals surface area (Å²) in [6, 6.07) is 8.90. The molecule has 1 aliphatic heterocycles. The second kappa shape index (κ2) is 12.6. The Morgan fingerprint density at radius 1 is 1.17 bits per heavy atom. The van der Waals surface area contributed by atoms with E-state index in [0.717, 1.165) is 37.9 Å². The van der Waals surface area contributed by atoms with Gasteiger partial charge in [-0.1, -0.05) is 12.5 Å². The molecule has 0 bridgehead atoms. The van der Waals surface area contributed by atoms with E-state index in [-0.39, 0.29) is 30.0 Å². The average molecular weight is 532 g/mol. The molecule has 0 spiro atoms. The van der Waals surface area contributed by atoms with Crippen molar-refractivity contribution in [2.75, 3.05) is 47.3 Å². The summed E-state index contributed by atoms with van der Waals surface area (Å²) in [7, 11) is 6.06. The van der Waals surface area contributed by atoms with Gasteiger partial charge in [0, 0.05) is 25.0 Å². The summed E-state index contributed by atoms with van der Waals surface area (Å²) in [6.45, 7) is 3.83. The fraction of sp³-hybridized carbons (Fsp3) is 0.571. The predicted octanol–water partition coefficient (Wildman–Crippen LogP) is 3.95. The fourth-order valence-electron chi connectivity index (χ4n) is 3.75. The highest BCUT2D eigenvalue weighted by atomic mass is 127. The van der Waals surface area contributed by atoms with Crippen LogP contribution in [0.15, 0.2) is 45.3 Å². The molecule has 3 rings (SSSR count). The monoisotopic (exact) mass is 531 g/mol. The summed E-state index contributed by atoms with van der Waals surface area (Å²) in [5.41, 5.74) is 0. The van der Waals surface area contributed by atoms with Gasteiger partial charge in [-0.3, -0.25) is 9.89 Å². The van der Waals surface area contributed by atoms with E-state index in [2.05, 4.69) is 63.1 Å². The SMILES string of the molecule is CN=C(NCC(c1cccs1)N(C)C)NCC(c1ccco1)N1CCCCC1.I. The van der Waals surface area contributed by atoms with Crippen LogP contribution in [-0.4, -0.2) is 63.1 Å². The predicted molar refractivity (Wildman–Crippen MR) is 132 cm³/mol. The van der Waals surface area contributed by atoms with Crippen molar-refractivity contribution in [1.29, 1.82) is 0 Å². The van der Waals surface area contributed by atoms with Gasteiger partial charge in [0.25, 0.3) is 0 Å². The molecule has 2 unspecified atom stereocenters. The molecule has 2 N–H and O–H groups in total. The van der Waals surface area contributed by atoms with Gasteiger partial charge in [-0.2, -0.15) is 0 Å². The van der Waals surface area contributed by atoms with E-state index < -0.39 is 0 Å². The van der Waals surface area contributed by atoms with E-state index >= 15 is 0 Å². The number of likely N-dealkylation sites (N-methyl/N-ethyl adjacent to an activating group) is 1. The van der Waals surface area contributed by atoms with Crippen molar-refractivity contribution in [3.8, 4) is 0 Å². The lowest BCUT2D eigenvalue weighted by Crippen LogP contribution is -2.46. The number of aliphatic imine (C=N–C) groups is 1. The first-order valence-electron chi connectivity index (χ1n) is 10.1. The molecule has 2 aromatic rings. The summed E-state index contributed by atoms with van der Waals surface area (Å²) in [6.07, 6.45) is 5.61. The fourth-order valence-corrected chi connectivity index (χ4v) is 4.67. The summed E-state index contributed by atoms with van der Waals surface area (Å²) in [4.78, 5) is 10.6. The van der Waals surface area contributed by atoms with Gasteiger partial charge in [0.1, 0.15) is 5.76 Å². The number of furan rings is 1. The van der Waals surface area contributed by atoms with E-state index in [1.165, 1.54) is 24.1 Å². The van der Waals surface area contributed by atoms with Crippen molar-refractivity contribution in [3.05, 3.63) is 46.5 Å². The lowest BCUT2D eigenvalue weighted by molar-refractivity contribution is 0.146. The maximum absolute atomic E-state index is 5.75. The molecule has 162 valence electrons. The van der Waals surface area contributed by atoms with E-state index in [0.29, 0.717) is 6.04 Å². The Bertz CT molecular complexity index is 699. The molecule has 29 heavy (non-hydrogen) atoms. The number of hydrogen-bond donors (Lipinski definition) is 2. The maximum atomic E-state index is 5.75. The van der Waals surface area contributed by atoms with Crippen molar-refractivity contribution >= 4 is 41.3 Å². The molecular weight excluding hydrogens is 497 g/mol. The molecule has 1 fully saturated rings. The number of thiophene rings is 1. The third-order valence-corrected chi connectivity index (χ3v) is 6.32. The summed E-state index contributed by atoms with van der Waals surface area (Å²) in [5, 5.41) is 9.14. The lowest BCUT2D eigenvalue weighted by Gasteiger charge is -2.34. The second-order valence-electron chi connectivity index (χ2n) is 7.46. The zero-order valence-corrected chi connectivity index (χ0v) is 20.8. The number of likely N-dealkylation sites (tertiary alicyclic amines) is 1. The van der Waals surface area contributed by atoms with Gasteiger partial charge in [-0.25, -0.2) is 0 Å². The minimum Gasteiger partial charge on any atom is -0.468 e. The van der Waals surface area contributed by atoms with Crippen molar-refractivity contribution in [3.63, 3.8) is 0 Å². The van der Waals surface area contributed by atoms with Gasteiger partial charge in [-0.05, 0) is 63.6 Å². The van der Waals surface area contributed by atoms with E-state index in [1.54, 1.807) is 17.6 Å². The van der Waals surface area contributed by atoms with Gasteiger partial charge in [0.2, 0.25) is 0 Å². The largest absolute Gasteiger partial charge is 0.468 e. The van der Waals surface area contributed by atoms with Gasteiger partial charge >= 0.3 is 0 Å². The first kappa shape index (κ1) is 24.2. The molecule has 0 aromatic carbocycles. The summed E-state index contributed by atoms with van der Waals surface area (Å²) >= 11 is 1.79. The van der Waals surface area contributed by atoms with E-state index in [1.807, 2.05) is 13.1 Å². The number of nitrogens with one attached hydrogen (secondary N) is 2. The molecule has 0 amide bonds. The van der Waals surface area contributed by atoms with Crippen LogP contribution in [0.1, 0.15) is 42.0 Å². The lowest BCUT2D eigenvalue weighted by atomic mass is 10.1. The highest BCUT2D eigenvalue weighted by Crippen LogP contribution is 2.25. The third kappa shape index (κ3) is 6.97. The molecule has 2 atom stereocenters. The second-order valence-corrected chi connectivity index (χ2v) is 8.44. The molecule has 8 heteroatoms. The molecule has 0 radical (unpaired) electrons. The molecule has 2 aromatic heterocycles. The summed E-state index contributed by atoms with van der Waals surface area (Å²) in [5.74, 6) is 1.85. The van der Waals surface area contributed by atoms with Crippen molar-refractivity contribution in [2.45, 2.75) is 31.3 Å². The van der Waals surface area contributed by atoms with Gasteiger partial charge < -0.3 is 20.0 Å². The molecule has 6 nitrogen and oxygen atoms in total. The van der Waals surface area contributed by atoms with E-state index in [4.69, 9.17) is 4.42 Å². The Morgan fingerprint density at radius 2 is 1.93 bits per heavy atom. The van der Waals surface area contributed by atoms with Gasteiger partial charge in [0.15, 0.2) is 5.96 Å². The number of guanidine groups is 1. The Morgan fingerprint density at radius 3 is 2.52 bits per heavy atom. The minimum atomic E-state index is 0. The van der Waals surface area contributed by atoms with Crippen LogP contribution in [-0.2, 0) is 0 Å². The van der Waals surface area contributed by atoms with Crippen molar-refractivity contribution in [2.24, 2.45) is 4.99 Å². The normalized spacial score (nSPS) is 17.6. The number of halogens is 1. The molecule has 0 saturated carbocycles. The number of rotatable bonds is 8. The van der Waals surface area contributed by atoms with Gasteiger partial charge in [0.05, 0.1) is 18.3 Å². The molecule has 1 aliphatic rings. The Kier molecular flexibility index (Phi) is 10.5. The van der Waals surface area contributed by atoms with Crippen molar-refractivity contribution in [1.82, 2.24) is 20.4 Å². The highest BCUT2D eigenvalue weighted by molar-refractivity contribution is 14.0. The van der Waals surface area contributed by atoms with Crippen LogP contribution in [0.2, 0.25) is 0 Å². The molecular formula is C21H34IN5OS. The topological polar surface area (TPSA) is 56.0 Å². The third-order valence-electron chi connectivity index (χ3n) is 5.35. The Labute approximate surface area is 195 Å². The van der Waals surface area contributed by atoms with Crippen LogP contribution in [0, 0.1) is 0 Å². The standard InChI is InChI=1S/C21H33N5OS.HI/c1-22-21(24-16-18(25(2)3)20-10-8-14-28-20)23-15-17(19-9-7-13-27-19)26-11-5-4-6-12-26;/h7-10,13-14,17-18H,4-6,11-12,15-16H2,1-3H3,(H2,22,23,24);1H. The average Bonchev–Trinajstić information content (AvgIpc) is 3.42. The molecule has 3 heterocycles. The highest BCUT2D eigenvalue weighted by Gasteiger charge is 2.25. The number of nitrogens with zero attached hydrogens (tertiary/aromatic N) is 3. The number of hydrogen-bond acceptors (Lipinski definition) is 5. The summed E-state index contributed by atoms with van der Waals surface area (Å²) < 4.78 is 5.75. The van der Waals surface area contributed by atoms with Crippen LogP contribution in [0.5, 0.6) is 0 Å². The zero-order valence-electron chi connectivity index (χ0n) is 17.6. The number of piperidine rings is 1. The molecule has 1 saturated heterocycles. The Hall–Kier alpha value is -1.10. The van der Waals surface area contributed by atoms with Crippen LogP contribution in [0.3, 0.4) is 0 Å².